The lowest BCUT2D eigenvalue weighted by Crippen LogP contribution is -2.36. The molecule has 1 aliphatic rings. The summed E-state index contributed by atoms with van der Waals surface area (Å²) in [7, 11) is 0. The Morgan fingerprint density at radius 2 is 2.25 bits per heavy atom. The first-order valence-corrected chi connectivity index (χ1v) is 5.76. The molecule has 0 atom stereocenters. The normalized spacial score (nSPS) is 17.9. The van der Waals surface area contributed by atoms with Crippen LogP contribution in [0.3, 0.4) is 0 Å². The minimum absolute atomic E-state index is 0.187. The van der Waals surface area contributed by atoms with Gasteiger partial charge in [-0.25, -0.2) is 4.98 Å². The molecule has 0 saturated heterocycles. The van der Waals surface area contributed by atoms with Crippen molar-refractivity contribution in [1.82, 2.24) is 4.98 Å². The number of carboxylic acids is 1. The number of rotatable bonds is 3. The van der Waals surface area contributed by atoms with Gasteiger partial charge in [-0.05, 0) is 37.5 Å². The summed E-state index contributed by atoms with van der Waals surface area (Å²) in [4.78, 5) is 15.0. The van der Waals surface area contributed by atoms with Crippen molar-refractivity contribution in [3.05, 3.63) is 28.5 Å². The number of aromatic nitrogens is 1. The maximum Gasteiger partial charge on any atom is 0.304 e. The lowest BCUT2D eigenvalue weighted by molar-refractivity contribution is -0.139. The number of hydrogen-bond donors (Lipinski definition) is 1. The van der Waals surface area contributed by atoms with Crippen LogP contribution in [0.2, 0.25) is 5.15 Å². The van der Waals surface area contributed by atoms with Crippen LogP contribution in [0.4, 0.5) is 0 Å². The maximum absolute atomic E-state index is 10.9. The molecule has 3 nitrogen and oxygen atoms in total. The molecule has 1 heterocycles. The van der Waals surface area contributed by atoms with Crippen molar-refractivity contribution < 1.29 is 9.90 Å². The van der Waals surface area contributed by atoms with Gasteiger partial charge in [0.25, 0.3) is 0 Å². The monoisotopic (exact) mass is 239 g/mol. The smallest absolute Gasteiger partial charge is 0.304 e. The van der Waals surface area contributed by atoms with E-state index in [4.69, 9.17) is 16.7 Å². The molecular weight excluding hydrogens is 226 g/mol. The minimum atomic E-state index is -0.745. The summed E-state index contributed by atoms with van der Waals surface area (Å²) in [5, 5.41) is 9.42. The van der Waals surface area contributed by atoms with E-state index in [1.807, 2.05) is 13.0 Å². The fourth-order valence-electron chi connectivity index (χ4n) is 2.39. The molecule has 0 amide bonds. The van der Waals surface area contributed by atoms with Gasteiger partial charge in [-0.1, -0.05) is 18.0 Å². The summed E-state index contributed by atoms with van der Waals surface area (Å²) in [5.41, 5.74) is 1.67. The number of hydrogen-bond acceptors (Lipinski definition) is 2. The third-order valence-corrected chi connectivity index (χ3v) is 3.53. The average Bonchev–Trinajstić information content (AvgIpc) is 2.09. The fraction of sp³-hybridized carbons (Fsp3) is 0.500. The van der Waals surface area contributed by atoms with Crippen molar-refractivity contribution >= 4 is 17.6 Å². The zero-order valence-corrected chi connectivity index (χ0v) is 9.92. The average molecular weight is 240 g/mol. The highest BCUT2D eigenvalue weighted by Crippen LogP contribution is 2.46. The molecule has 1 fully saturated rings. The topological polar surface area (TPSA) is 50.2 Å². The molecule has 16 heavy (non-hydrogen) atoms. The molecule has 1 aliphatic carbocycles. The lowest BCUT2D eigenvalue weighted by atomic mass is 9.62. The quantitative estimate of drug-likeness (QED) is 0.825. The maximum atomic E-state index is 10.9. The van der Waals surface area contributed by atoms with Gasteiger partial charge in [-0.3, -0.25) is 4.79 Å². The molecule has 1 saturated carbocycles. The molecule has 1 N–H and O–H groups in total. The van der Waals surface area contributed by atoms with Crippen molar-refractivity contribution in [3.8, 4) is 0 Å². The molecule has 0 aromatic carbocycles. The molecule has 4 heteroatoms. The van der Waals surface area contributed by atoms with E-state index in [0.717, 1.165) is 30.5 Å². The molecule has 1 aromatic rings. The number of nitrogens with zero attached hydrogens (tertiary/aromatic N) is 1. The van der Waals surface area contributed by atoms with Crippen LogP contribution in [0, 0.1) is 6.92 Å². The Labute approximate surface area is 99.5 Å². The highest BCUT2D eigenvalue weighted by atomic mass is 35.5. The first-order valence-electron chi connectivity index (χ1n) is 5.38. The summed E-state index contributed by atoms with van der Waals surface area (Å²) in [5.74, 6) is -0.745. The minimum Gasteiger partial charge on any atom is -0.481 e. The summed E-state index contributed by atoms with van der Waals surface area (Å²) in [6.45, 7) is 1.88. The van der Waals surface area contributed by atoms with Gasteiger partial charge >= 0.3 is 5.97 Å². The predicted molar refractivity (Wildman–Crippen MR) is 61.8 cm³/mol. The number of carboxylic acid groups (broad SMARTS) is 1. The van der Waals surface area contributed by atoms with Crippen LogP contribution in [0.5, 0.6) is 0 Å². The largest absolute Gasteiger partial charge is 0.481 e. The van der Waals surface area contributed by atoms with Crippen LogP contribution >= 0.6 is 11.6 Å². The molecule has 0 unspecified atom stereocenters. The molecule has 2 rings (SSSR count). The van der Waals surface area contributed by atoms with E-state index in [-0.39, 0.29) is 11.8 Å². The van der Waals surface area contributed by atoms with Crippen LogP contribution in [-0.2, 0) is 10.2 Å². The molecule has 0 spiro atoms. The van der Waals surface area contributed by atoms with E-state index < -0.39 is 5.97 Å². The van der Waals surface area contributed by atoms with Gasteiger partial charge in [0.05, 0.1) is 6.42 Å². The Hall–Kier alpha value is -1.09. The standard InChI is InChI=1S/C12H14ClNO2/c1-8-5-9(6-10(13)14-8)12(3-2-4-12)7-11(15)16/h5-6H,2-4,7H2,1H3,(H,15,16). The Kier molecular flexibility index (Phi) is 2.89. The third kappa shape index (κ3) is 2.05. The van der Waals surface area contributed by atoms with Gasteiger partial charge in [0.2, 0.25) is 0 Å². The van der Waals surface area contributed by atoms with Crippen molar-refractivity contribution in [1.29, 1.82) is 0 Å². The number of aryl methyl sites for hydroxylation is 1. The Balaban J connectivity index is 2.36. The van der Waals surface area contributed by atoms with Crippen molar-refractivity contribution in [2.24, 2.45) is 0 Å². The number of halogens is 1. The van der Waals surface area contributed by atoms with E-state index >= 15 is 0 Å². The summed E-state index contributed by atoms with van der Waals surface area (Å²) < 4.78 is 0. The van der Waals surface area contributed by atoms with Crippen molar-refractivity contribution in [2.75, 3.05) is 0 Å². The Morgan fingerprint density at radius 3 is 2.69 bits per heavy atom. The van der Waals surface area contributed by atoms with Crippen LogP contribution in [0.25, 0.3) is 0 Å². The second-order valence-corrected chi connectivity index (χ2v) is 4.91. The van der Waals surface area contributed by atoms with E-state index in [1.165, 1.54) is 0 Å². The zero-order valence-electron chi connectivity index (χ0n) is 9.16. The van der Waals surface area contributed by atoms with Crippen molar-refractivity contribution in [3.63, 3.8) is 0 Å². The van der Waals surface area contributed by atoms with Crippen LogP contribution in [-0.4, -0.2) is 16.1 Å². The van der Waals surface area contributed by atoms with E-state index in [9.17, 15) is 4.79 Å². The van der Waals surface area contributed by atoms with Gasteiger partial charge < -0.3 is 5.11 Å². The first kappa shape index (κ1) is 11.4. The summed E-state index contributed by atoms with van der Waals surface area (Å²) in [6.07, 6.45) is 3.14. The van der Waals surface area contributed by atoms with E-state index in [1.54, 1.807) is 6.07 Å². The number of pyridine rings is 1. The predicted octanol–water partition coefficient (Wildman–Crippen LogP) is 2.94. The highest BCUT2D eigenvalue weighted by Gasteiger charge is 2.40. The summed E-state index contributed by atoms with van der Waals surface area (Å²) in [6, 6.07) is 3.75. The molecule has 0 bridgehead atoms. The second-order valence-electron chi connectivity index (χ2n) is 4.52. The van der Waals surface area contributed by atoms with Gasteiger partial charge in [0.1, 0.15) is 5.15 Å². The summed E-state index contributed by atoms with van der Waals surface area (Å²) >= 11 is 5.92. The Bertz CT molecular complexity index is 407. The fourth-order valence-corrected chi connectivity index (χ4v) is 2.65. The third-order valence-electron chi connectivity index (χ3n) is 3.33. The van der Waals surface area contributed by atoms with Gasteiger partial charge in [0.15, 0.2) is 0 Å². The van der Waals surface area contributed by atoms with Crippen LogP contribution in [0.15, 0.2) is 12.1 Å². The Morgan fingerprint density at radius 1 is 1.56 bits per heavy atom. The van der Waals surface area contributed by atoms with Crippen LogP contribution < -0.4 is 0 Å². The number of aliphatic carboxylic acids is 1. The lowest BCUT2D eigenvalue weighted by Gasteiger charge is -2.41. The van der Waals surface area contributed by atoms with Gasteiger partial charge in [-0.2, -0.15) is 0 Å². The SMILES string of the molecule is Cc1cc(C2(CC(=O)O)CCC2)cc(Cl)n1. The molecule has 1 aromatic heterocycles. The highest BCUT2D eigenvalue weighted by molar-refractivity contribution is 6.29. The van der Waals surface area contributed by atoms with Crippen LogP contribution in [0.1, 0.15) is 36.9 Å². The molecule has 0 aliphatic heterocycles. The van der Waals surface area contributed by atoms with Gasteiger partial charge in [-0.15, -0.1) is 0 Å². The molecule has 0 radical (unpaired) electrons. The van der Waals surface area contributed by atoms with Crippen molar-refractivity contribution in [2.45, 2.75) is 38.0 Å². The first-order chi connectivity index (χ1) is 7.52. The number of carbonyl (C=O) groups is 1. The van der Waals surface area contributed by atoms with E-state index in [2.05, 4.69) is 4.98 Å². The van der Waals surface area contributed by atoms with Gasteiger partial charge in [0, 0.05) is 11.1 Å². The molecular formula is C12H14ClNO2. The van der Waals surface area contributed by atoms with E-state index in [0.29, 0.717) is 5.15 Å². The second kappa shape index (κ2) is 4.06. The molecule has 86 valence electrons. The zero-order chi connectivity index (χ0) is 11.8.